The number of aromatic nitrogens is 2. The number of carbonyl (C=O) groups excluding carboxylic acids is 4. The second-order valence-electron chi connectivity index (χ2n) is 14.5. The lowest BCUT2D eigenvalue weighted by molar-refractivity contribution is -0.137. The van der Waals surface area contributed by atoms with Gasteiger partial charge in [-0.3, -0.25) is 29.4 Å². The Labute approximate surface area is 340 Å². The first-order valence-corrected chi connectivity index (χ1v) is 19.8. The summed E-state index contributed by atoms with van der Waals surface area (Å²) >= 11 is 5.96. The first kappa shape index (κ1) is 40.3. The third kappa shape index (κ3) is 9.62. The third-order valence-electron chi connectivity index (χ3n) is 10.6. The zero-order valence-corrected chi connectivity index (χ0v) is 32.8. The fourth-order valence-electron chi connectivity index (χ4n) is 7.47. The van der Waals surface area contributed by atoms with E-state index < -0.39 is 17.8 Å². The first-order valence-electron chi connectivity index (χ1n) is 19.4. The Kier molecular flexibility index (Phi) is 12.9. The van der Waals surface area contributed by atoms with E-state index in [2.05, 4.69) is 48.0 Å². The number of amides is 4. The minimum absolute atomic E-state index is 0.0179. The lowest BCUT2D eigenvalue weighted by Crippen LogP contribution is -2.52. The summed E-state index contributed by atoms with van der Waals surface area (Å²) in [5.41, 5.74) is 3.81. The van der Waals surface area contributed by atoms with E-state index in [1.807, 2.05) is 18.2 Å². The van der Waals surface area contributed by atoms with Gasteiger partial charge in [0, 0.05) is 66.3 Å². The minimum Gasteiger partial charge on any atom is -0.494 e. The molecule has 58 heavy (non-hydrogen) atoms. The molecule has 1 atom stereocenters. The Morgan fingerprint density at radius 2 is 1.93 bits per heavy atom. The van der Waals surface area contributed by atoms with Crippen LogP contribution in [0.4, 0.5) is 21.6 Å². The number of ether oxygens (including phenoxy) is 1. The van der Waals surface area contributed by atoms with E-state index in [1.165, 1.54) is 31.6 Å². The van der Waals surface area contributed by atoms with Crippen molar-refractivity contribution < 1.29 is 28.3 Å². The fraction of sp³-hybridized carbons (Fsp3) is 0.349. The quantitative estimate of drug-likeness (QED) is 0.0572. The van der Waals surface area contributed by atoms with E-state index in [0.29, 0.717) is 65.0 Å². The molecule has 7 rings (SSSR count). The number of hydrogen-bond donors (Lipinski definition) is 4. The molecule has 1 unspecified atom stereocenters. The molecule has 4 heterocycles. The average molecular weight is 807 g/mol. The van der Waals surface area contributed by atoms with Gasteiger partial charge in [-0.05, 0) is 93.7 Å². The van der Waals surface area contributed by atoms with Gasteiger partial charge in [0.05, 0.1) is 23.3 Å². The van der Waals surface area contributed by atoms with Crippen molar-refractivity contribution in [1.82, 2.24) is 30.4 Å². The van der Waals surface area contributed by atoms with Crippen LogP contribution >= 0.6 is 11.6 Å². The Morgan fingerprint density at radius 3 is 2.72 bits per heavy atom. The zero-order chi connectivity index (χ0) is 40.6. The number of halogens is 2. The predicted molar refractivity (Wildman–Crippen MR) is 219 cm³/mol. The molecule has 3 aromatic carbocycles. The highest BCUT2D eigenvalue weighted by Gasteiger charge is 2.39. The molecule has 15 heteroatoms. The number of rotatable bonds is 13. The number of carbonyl (C=O) groups is 4. The SMILES string of the molecule is COc1cc2ncnc(Nc3ccc(F)c(Cl)c3)c2cc1NC(=O)/C=C/CN1CCC(NCCCCC#Cc2cccc3c2CN(C2CCC(=O)NC2=O)C3=O)CC1. The topological polar surface area (TPSA) is 158 Å². The van der Waals surface area contributed by atoms with Gasteiger partial charge in [-0.15, -0.1) is 0 Å². The molecule has 2 fully saturated rings. The van der Waals surface area contributed by atoms with E-state index in [9.17, 15) is 23.6 Å². The summed E-state index contributed by atoms with van der Waals surface area (Å²) < 4.78 is 19.2. The van der Waals surface area contributed by atoms with Crippen LogP contribution in [0.3, 0.4) is 0 Å². The van der Waals surface area contributed by atoms with Gasteiger partial charge in [0.25, 0.3) is 5.91 Å². The molecule has 300 valence electrons. The number of nitrogens with one attached hydrogen (secondary N) is 4. The molecule has 3 aliphatic heterocycles. The maximum atomic E-state index is 13.7. The summed E-state index contributed by atoms with van der Waals surface area (Å²) in [6, 6.07) is 13.0. The van der Waals surface area contributed by atoms with Gasteiger partial charge in [-0.1, -0.05) is 35.6 Å². The van der Waals surface area contributed by atoms with Crippen molar-refractivity contribution >= 4 is 63.3 Å². The Balaban J connectivity index is 0.816. The lowest BCUT2D eigenvalue weighted by atomic mass is 10.0. The Morgan fingerprint density at radius 1 is 1.09 bits per heavy atom. The van der Waals surface area contributed by atoms with Crippen LogP contribution in [0.25, 0.3) is 10.9 Å². The highest BCUT2D eigenvalue weighted by Crippen LogP contribution is 2.34. The normalized spacial score (nSPS) is 17.3. The monoisotopic (exact) mass is 806 g/mol. The van der Waals surface area contributed by atoms with Crippen LogP contribution in [-0.2, 0) is 20.9 Å². The van der Waals surface area contributed by atoms with Gasteiger partial charge < -0.3 is 25.6 Å². The first-order chi connectivity index (χ1) is 28.2. The van der Waals surface area contributed by atoms with E-state index in [4.69, 9.17) is 16.3 Å². The number of methoxy groups -OCH3 is 1. The van der Waals surface area contributed by atoms with Crippen LogP contribution in [-0.4, -0.2) is 88.8 Å². The van der Waals surface area contributed by atoms with Gasteiger partial charge in [-0.2, -0.15) is 0 Å². The molecule has 0 bridgehead atoms. The van der Waals surface area contributed by atoms with Crippen molar-refractivity contribution in [1.29, 1.82) is 0 Å². The van der Waals surface area contributed by atoms with Crippen LogP contribution in [0, 0.1) is 17.7 Å². The molecule has 0 saturated carbocycles. The van der Waals surface area contributed by atoms with Gasteiger partial charge in [0.2, 0.25) is 17.7 Å². The standard InChI is InChI=1S/C43H44ClFN8O5/c1-58-38-24-35-31(41(48-26-47-35)49-29-12-13-34(45)33(44)22-29)23-36(38)50-39(54)11-7-19-52-20-16-28(17-21-52)46-18-5-3-2-4-8-27-9-6-10-30-32(27)25-53(43(30)57)37-14-15-40(55)51-42(37)56/h6-7,9-13,22-24,26,28,37,46H,2-3,5,14-21,25H2,1H3,(H,50,54)(H,47,48,49)(H,51,55,56)/b11-7+. The van der Waals surface area contributed by atoms with Crippen LogP contribution in [0.5, 0.6) is 5.75 Å². The summed E-state index contributed by atoms with van der Waals surface area (Å²) in [5.74, 6) is 5.68. The molecule has 4 aromatic rings. The van der Waals surface area contributed by atoms with Gasteiger partial charge in [-0.25, -0.2) is 14.4 Å². The lowest BCUT2D eigenvalue weighted by Gasteiger charge is -2.31. The minimum atomic E-state index is -0.642. The second kappa shape index (κ2) is 18.6. The highest BCUT2D eigenvalue weighted by atomic mass is 35.5. The van der Waals surface area contributed by atoms with Crippen LogP contribution in [0.1, 0.15) is 66.4 Å². The Hall–Kier alpha value is -5.88. The highest BCUT2D eigenvalue weighted by molar-refractivity contribution is 6.31. The summed E-state index contributed by atoms with van der Waals surface area (Å²) in [6.45, 7) is 3.73. The van der Waals surface area contributed by atoms with Crippen molar-refractivity contribution in [2.24, 2.45) is 0 Å². The van der Waals surface area contributed by atoms with Gasteiger partial charge in [0.15, 0.2) is 0 Å². The molecule has 0 aliphatic carbocycles. The Bertz CT molecular complexity index is 2320. The van der Waals surface area contributed by atoms with Gasteiger partial charge >= 0.3 is 0 Å². The summed E-state index contributed by atoms with van der Waals surface area (Å²) in [7, 11) is 1.52. The number of anilines is 3. The molecular weight excluding hydrogens is 763 g/mol. The number of nitrogens with zero attached hydrogens (tertiary/aromatic N) is 4. The van der Waals surface area contributed by atoms with E-state index in [0.717, 1.165) is 62.9 Å². The number of fused-ring (bicyclic) bond motifs is 2. The number of hydrogen-bond acceptors (Lipinski definition) is 10. The summed E-state index contributed by atoms with van der Waals surface area (Å²) in [4.78, 5) is 62.6. The molecule has 0 spiro atoms. The number of piperidine rings is 2. The van der Waals surface area contributed by atoms with Crippen molar-refractivity contribution in [3.05, 3.63) is 94.5 Å². The second-order valence-corrected chi connectivity index (χ2v) is 14.9. The average Bonchev–Trinajstić information content (AvgIpc) is 3.55. The van der Waals surface area contributed by atoms with Crippen molar-refractivity contribution in [2.45, 2.75) is 63.6 Å². The number of imide groups is 1. The van der Waals surface area contributed by atoms with Crippen molar-refractivity contribution in [3.63, 3.8) is 0 Å². The molecule has 4 amide bonds. The fourth-order valence-corrected chi connectivity index (χ4v) is 7.65. The summed E-state index contributed by atoms with van der Waals surface area (Å²) in [6.07, 6.45) is 10.1. The van der Waals surface area contributed by atoms with Gasteiger partial charge in [0.1, 0.15) is 29.8 Å². The maximum Gasteiger partial charge on any atom is 0.255 e. The molecule has 13 nitrogen and oxygen atoms in total. The van der Waals surface area contributed by atoms with Crippen LogP contribution < -0.4 is 26.0 Å². The molecular formula is C43H44ClFN8O5. The predicted octanol–water partition coefficient (Wildman–Crippen LogP) is 5.71. The molecule has 2 saturated heterocycles. The van der Waals surface area contributed by atoms with E-state index >= 15 is 0 Å². The largest absolute Gasteiger partial charge is 0.494 e. The number of likely N-dealkylation sites (tertiary alicyclic amines) is 1. The third-order valence-corrected chi connectivity index (χ3v) is 10.9. The smallest absolute Gasteiger partial charge is 0.255 e. The van der Waals surface area contributed by atoms with Crippen LogP contribution in [0.15, 0.2) is 67.0 Å². The zero-order valence-electron chi connectivity index (χ0n) is 32.1. The molecule has 3 aliphatic rings. The maximum absolute atomic E-state index is 13.7. The molecule has 4 N–H and O–H groups in total. The number of benzene rings is 3. The van der Waals surface area contributed by atoms with Crippen LogP contribution in [0.2, 0.25) is 5.02 Å². The van der Waals surface area contributed by atoms with Crippen molar-refractivity contribution in [2.75, 3.05) is 43.9 Å². The molecule has 0 radical (unpaired) electrons. The molecule has 1 aromatic heterocycles. The van der Waals surface area contributed by atoms with E-state index in [-0.39, 0.29) is 29.2 Å². The summed E-state index contributed by atoms with van der Waals surface area (Å²) in [5, 5.41) is 12.7. The van der Waals surface area contributed by atoms with E-state index in [1.54, 1.807) is 29.2 Å². The number of unbranched alkanes of at least 4 members (excludes halogenated alkanes) is 2. The van der Waals surface area contributed by atoms with Crippen molar-refractivity contribution in [3.8, 4) is 17.6 Å².